The fourth-order valence-corrected chi connectivity index (χ4v) is 2.55. The summed E-state index contributed by atoms with van der Waals surface area (Å²) >= 11 is 0. The van der Waals surface area contributed by atoms with Crippen molar-refractivity contribution in [1.29, 1.82) is 0 Å². The molecule has 0 atom stereocenters. The summed E-state index contributed by atoms with van der Waals surface area (Å²) < 4.78 is 5.91. The molecule has 5 heteroatoms. The quantitative estimate of drug-likeness (QED) is 0.677. The monoisotopic (exact) mass is 373 g/mol. The maximum absolute atomic E-state index is 12.5. The lowest BCUT2D eigenvalue weighted by molar-refractivity contribution is -0.134. The fourth-order valence-electron chi connectivity index (χ4n) is 2.55. The molecule has 0 spiro atoms. The summed E-state index contributed by atoms with van der Waals surface area (Å²) in [7, 11) is 0. The van der Waals surface area contributed by atoms with Crippen LogP contribution in [0.1, 0.15) is 30.5 Å². The first-order valence-electron chi connectivity index (χ1n) is 9.07. The van der Waals surface area contributed by atoms with E-state index in [-0.39, 0.29) is 5.91 Å². The third-order valence-electron chi connectivity index (χ3n) is 4.18. The van der Waals surface area contributed by atoms with E-state index in [0.29, 0.717) is 12.3 Å². The first kappa shape index (κ1) is 19.3. The van der Waals surface area contributed by atoms with E-state index in [1.165, 1.54) is 0 Å². The molecule has 28 heavy (non-hydrogen) atoms. The van der Waals surface area contributed by atoms with Crippen LogP contribution in [0.5, 0.6) is 5.75 Å². The van der Waals surface area contributed by atoms with Crippen LogP contribution >= 0.6 is 0 Å². The molecule has 5 nitrogen and oxygen atoms in total. The van der Waals surface area contributed by atoms with Crippen LogP contribution in [-0.2, 0) is 11.3 Å². The van der Waals surface area contributed by atoms with Crippen LogP contribution in [0.2, 0.25) is 0 Å². The number of ether oxygens (including phenoxy) is 1. The third-order valence-corrected chi connectivity index (χ3v) is 4.18. The average Bonchev–Trinajstić information content (AvgIpc) is 2.73. The first-order valence-corrected chi connectivity index (χ1v) is 9.07. The molecule has 0 aliphatic heterocycles. The Bertz CT molecular complexity index is 921. The molecule has 2 heterocycles. The summed E-state index contributed by atoms with van der Waals surface area (Å²) in [5.74, 6) is 0.469. The van der Waals surface area contributed by atoms with Gasteiger partial charge in [-0.25, -0.2) is 0 Å². The predicted molar refractivity (Wildman–Crippen MR) is 110 cm³/mol. The number of aromatic nitrogens is 2. The number of benzene rings is 1. The van der Waals surface area contributed by atoms with Crippen molar-refractivity contribution in [3.63, 3.8) is 0 Å². The molecule has 0 unspecified atom stereocenters. The van der Waals surface area contributed by atoms with Gasteiger partial charge < -0.3 is 10.1 Å². The molecule has 0 saturated carbocycles. The Kier molecular flexibility index (Phi) is 6.17. The molecule has 0 aliphatic carbocycles. The van der Waals surface area contributed by atoms with Gasteiger partial charge in [-0.15, -0.1) is 0 Å². The van der Waals surface area contributed by atoms with Gasteiger partial charge in [0.15, 0.2) is 5.60 Å². The molecule has 0 saturated heterocycles. The Morgan fingerprint density at radius 2 is 1.43 bits per heavy atom. The van der Waals surface area contributed by atoms with E-state index in [4.69, 9.17) is 4.74 Å². The number of carbonyl (C=O) groups is 1. The van der Waals surface area contributed by atoms with Crippen LogP contribution in [0, 0.1) is 0 Å². The van der Waals surface area contributed by atoms with Crippen molar-refractivity contribution in [3.05, 3.63) is 90.0 Å². The van der Waals surface area contributed by atoms with E-state index in [9.17, 15) is 4.79 Å². The third kappa shape index (κ3) is 5.51. The lowest BCUT2D eigenvalue weighted by Crippen LogP contribution is -2.46. The zero-order valence-corrected chi connectivity index (χ0v) is 16.0. The zero-order valence-electron chi connectivity index (χ0n) is 16.0. The molecule has 1 N–H and O–H groups in total. The number of rotatable bonds is 7. The standard InChI is InChI=1S/C23H23N3O2/c1-23(2,22(27)26-17-20-11-15-25-16-12-20)28-21-7-5-18(6-8-21)3-4-19-9-13-24-14-10-19/h3-16H,17H2,1-2H3,(H,26,27)/b4-3+. The van der Waals surface area contributed by atoms with E-state index >= 15 is 0 Å². The molecule has 3 aromatic rings. The Morgan fingerprint density at radius 3 is 2.04 bits per heavy atom. The highest BCUT2D eigenvalue weighted by Crippen LogP contribution is 2.20. The highest BCUT2D eigenvalue weighted by molar-refractivity contribution is 5.84. The number of nitrogens with zero attached hydrogens (tertiary/aromatic N) is 2. The summed E-state index contributed by atoms with van der Waals surface area (Å²) in [5, 5.41) is 2.90. The van der Waals surface area contributed by atoms with Crippen molar-refractivity contribution in [2.24, 2.45) is 0 Å². The molecule has 0 aliphatic rings. The second-order valence-corrected chi connectivity index (χ2v) is 6.83. The minimum Gasteiger partial charge on any atom is -0.478 e. The molecule has 2 aromatic heterocycles. The highest BCUT2D eigenvalue weighted by atomic mass is 16.5. The van der Waals surface area contributed by atoms with Gasteiger partial charge >= 0.3 is 0 Å². The van der Waals surface area contributed by atoms with Gasteiger partial charge in [-0.05, 0) is 66.9 Å². The summed E-state index contributed by atoms with van der Waals surface area (Å²) in [5.41, 5.74) is 2.14. The number of pyridine rings is 2. The lowest BCUT2D eigenvalue weighted by atomic mass is 10.1. The lowest BCUT2D eigenvalue weighted by Gasteiger charge is -2.25. The Hall–Kier alpha value is -3.47. The van der Waals surface area contributed by atoms with Crippen LogP contribution in [-0.4, -0.2) is 21.5 Å². The van der Waals surface area contributed by atoms with E-state index in [2.05, 4.69) is 15.3 Å². The van der Waals surface area contributed by atoms with Gasteiger partial charge in [0.1, 0.15) is 5.75 Å². The SMILES string of the molecule is CC(C)(Oc1ccc(/C=C/c2ccncc2)cc1)C(=O)NCc1ccncc1. The number of amides is 1. The van der Waals surface area contributed by atoms with Crippen LogP contribution < -0.4 is 10.1 Å². The van der Waals surface area contributed by atoms with Crippen molar-refractivity contribution in [2.75, 3.05) is 0 Å². The normalized spacial score (nSPS) is 11.4. The van der Waals surface area contributed by atoms with Gasteiger partial charge in [-0.2, -0.15) is 0 Å². The zero-order chi connectivity index (χ0) is 19.8. The molecule has 3 rings (SSSR count). The van der Waals surface area contributed by atoms with Crippen molar-refractivity contribution >= 4 is 18.1 Å². The summed E-state index contributed by atoms with van der Waals surface area (Å²) in [4.78, 5) is 20.5. The largest absolute Gasteiger partial charge is 0.478 e. The van der Waals surface area contributed by atoms with Gasteiger partial charge in [0.05, 0.1) is 0 Å². The molecular weight excluding hydrogens is 350 g/mol. The van der Waals surface area contributed by atoms with Gasteiger partial charge in [0.2, 0.25) is 0 Å². The molecule has 1 amide bonds. The minimum atomic E-state index is -0.985. The van der Waals surface area contributed by atoms with E-state index in [0.717, 1.165) is 16.7 Å². The van der Waals surface area contributed by atoms with Crippen molar-refractivity contribution < 1.29 is 9.53 Å². The number of nitrogens with one attached hydrogen (secondary N) is 1. The van der Waals surface area contributed by atoms with Crippen LogP contribution in [0.15, 0.2) is 73.3 Å². The molecule has 142 valence electrons. The predicted octanol–water partition coefficient (Wildman–Crippen LogP) is 4.12. The second kappa shape index (κ2) is 8.95. The molecule has 0 radical (unpaired) electrons. The molecule has 0 bridgehead atoms. The molecule has 1 aromatic carbocycles. The van der Waals surface area contributed by atoms with Crippen LogP contribution in [0.25, 0.3) is 12.2 Å². The minimum absolute atomic E-state index is 0.175. The average molecular weight is 373 g/mol. The van der Waals surface area contributed by atoms with Crippen molar-refractivity contribution in [1.82, 2.24) is 15.3 Å². The topological polar surface area (TPSA) is 64.1 Å². The van der Waals surface area contributed by atoms with Crippen LogP contribution in [0.4, 0.5) is 0 Å². The van der Waals surface area contributed by atoms with E-state index in [1.54, 1.807) is 38.6 Å². The number of hydrogen-bond acceptors (Lipinski definition) is 4. The van der Waals surface area contributed by atoms with Gasteiger partial charge in [-0.1, -0.05) is 24.3 Å². The molecular formula is C23H23N3O2. The summed E-state index contributed by atoms with van der Waals surface area (Å²) in [6.07, 6.45) is 11.0. The second-order valence-electron chi connectivity index (χ2n) is 6.83. The Morgan fingerprint density at radius 1 is 0.893 bits per heavy atom. The van der Waals surface area contributed by atoms with Gasteiger partial charge in [0, 0.05) is 31.3 Å². The summed E-state index contributed by atoms with van der Waals surface area (Å²) in [6, 6.07) is 15.3. The summed E-state index contributed by atoms with van der Waals surface area (Å²) in [6.45, 7) is 3.95. The number of hydrogen-bond donors (Lipinski definition) is 1. The maximum Gasteiger partial charge on any atom is 0.263 e. The van der Waals surface area contributed by atoms with Crippen LogP contribution in [0.3, 0.4) is 0 Å². The van der Waals surface area contributed by atoms with Crippen molar-refractivity contribution in [2.45, 2.75) is 26.0 Å². The molecule has 0 fully saturated rings. The van der Waals surface area contributed by atoms with E-state index in [1.807, 2.05) is 60.7 Å². The van der Waals surface area contributed by atoms with E-state index < -0.39 is 5.60 Å². The highest BCUT2D eigenvalue weighted by Gasteiger charge is 2.29. The van der Waals surface area contributed by atoms with Crippen molar-refractivity contribution in [3.8, 4) is 5.75 Å². The first-order chi connectivity index (χ1) is 13.5. The maximum atomic E-state index is 12.5. The van der Waals surface area contributed by atoms with Gasteiger partial charge in [0.25, 0.3) is 5.91 Å². The Labute approximate surface area is 165 Å². The fraction of sp³-hybridized carbons (Fsp3) is 0.174. The number of carbonyl (C=O) groups excluding carboxylic acids is 1. The smallest absolute Gasteiger partial charge is 0.263 e. The Balaban J connectivity index is 1.57. The van der Waals surface area contributed by atoms with Gasteiger partial charge in [-0.3, -0.25) is 14.8 Å².